The fourth-order valence-electron chi connectivity index (χ4n) is 3.48. The zero-order chi connectivity index (χ0) is 22.4. The maximum absolute atomic E-state index is 5.96. The second kappa shape index (κ2) is 15.3. The Morgan fingerprint density at radius 2 is 1.79 bits per heavy atom. The molecule has 0 amide bonds. The molecule has 0 radical (unpaired) electrons. The Balaban J connectivity index is 0.00000385. The van der Waals surface area contributed by atoms with Crippen LogP contribution >= 0.6 is 24.0 Å². The molecule has 0 aliphatic rings. The van der Waals surface area contributed by atoms with Crippen LogP contribution in [0.15, 0.2) is 65.9 Å². The Morgan fingerprint density at radius 1 is 1.00 bits per heavy atom. The minimum atomic E-state index is 0. The van der Waals surface area contributed by atoms with Crippen LogP contribution in [0, 0.1) is 0 Å². The Hall–Kier alpha value is -2.62. The molecule has 33 heavy (non-hydrogen) atoms. The van der Waals surface area contributed by atoms with Crippen LogP contribution in [0.25, 0.3) is 0 Å². The van der Waals surface area contributed by atoms with Crippen molar-refractivity contribution < 1.29 is 4.74 Å². The number of aromatic nitrogens is 3. The summed E-state index contributed by atoms with van der Waals surface area (Å²) in [5.41, 5.74) is 2.59. The maximum Gasteiger partial charge on any atom is 0.191 e. The number of hydrogen-bond donors (Lipinski definition) is 2. The Labute approximate surface area is 214 Å². The lowest BCUT2D eigenvalue weighted by Gasteiger charge is -2.13. The van der Waals surface area contributed by atoms with Gasteiger partial charge in [-0.3, -0.25) is 4.99 Å². The number of nitrogens with zero attached hydrogens (tertiary/aromatic N) is 4. The fraction of sp³-hybridized carbons (Fsp3) is 0.400. The molecule has 0 saturated carbocycles. The molecule has 3 rings (SSSR count). The third kappa shape index (κ3) is 9.41. The predicted octanol–water partition coefficient (Wildman–Crippen LogP) is 3.88. The number of nitrogens with one attached hydrogen (secondary N) is 2. The molecule has 0 aliphatic heterocycles. The molecular formula is C25H35IN6O. The molecule has 0 bridgehead atoms. The van der Waals surface area contributed by atoms with E-state index in [9.17, 15) is 0 Å². The van der Waals surface area contributed by atoms with Crippen molar-refractivity contribution in [2.24, 2.45) is 4.99 Å². The first kappa shape index (κ1) is 26.6. The molecule has 0 fully saturated rings. The molecule has 0 spiro atoms. The van der Waals surface area contributed by atoms with Gasteiger partial charge in [-0.15, -0.1) is 34.2 Å². The molecule has 0 aliphatic carbocycles. The number of aryl methyl sites for hydroxylation is 2. The number of aliphatic imine (C=N–C) groups is 1. The van der Waals surface area contributed by atoms with E-state index in [2.05, 4.69) is 79.8 Å². The summed E-state index contributed by atoms with van der Waals surface area (Å²) in [4.78, 5) is 4.30. The highest BCUT2D eigenvalue weighted by Gasteiger charge is 2.03. The van der Waals surface area contributed by atoms with Crippen molar-refractivity contribution in [2.45, 2.75) is 39.2 Å². The average Bonchev–Trinajstić information content (AvgIpc) is 3.29. The summed E-state index contributed by atoms with van der Waals surface area (Å²) in [6.07, 6.45) is 5.59. The van der Waals surface area contributed by atoms with E-state index in [0.717, 1.165) is 69.5 Å². The minimum Gasteiger partial charge on any atom is -0.494 e. The summed E-state index contributed by atoms with van der Waals surface area (Å²) in [5.74, 6) is 2.72. The summed E-state index contributed by atoms with van der Waals surface area (Å²) in [6, 6.07) is 18.9. The minimum absolute atomic E-state index is 0. The van der Waals surface area contributed by atoms with Crippen LogP contribution in [0.3, 0.4) is 0 Å². The lowest BCUT2D eigenvalue weighted by atomic mass is 10.1. The van der Waals surface area contributed by atoms with Gasteiger partial charge in [0.1, 0.15) is 17.9 Å². The Kier molecular flexibility index (Phi) is 12.3. The topological polar surface area (TPSA) is 76.4 Å². The smallest absolute Gasteiger partial charge is 0.191 e. The zero-order valence-electron chi connectivity index (χ0n) is 19.5. The van der Waals surface area contributed by atoms with Crippen LogP contribution in [0.2, 0.25) is 0 Å². The van der Waals surface area contributed by atoms with Crippen molar-refractivity contribution in [1.29, 1.82) is 0 Å². The third-order valence-electron chi connectivity index (χ3n) is 5.21. The number of benzene rings is 2. The maximum atomic E-state index is 5.96. The highest BCUT2D eigenvalue weighted by molar-refractivity contribution is 14.0. The summed E-state index contributed by atoms with van der Waals surface area (Å²) in [5, 5.41) is 14.8. The van der Waals surface area contributed by atoms with Crippen LogP contribution in [0.1, 0.15) is 30.3 Å². The molecule has 3 aromatic rings. The molecule has 0 unspecified atom stereocenters. The van der Waals surface area contributed by atoms with E-state index in [1.165, 1.54) is 11.1 Å². The van der Waals surface area contributed by atoms with E-state index in [0.29, 0.717) is 0 Å². The van der Waals surface area contributed by atoms with Crippen LogP contribution in [0.5, 0.6) is 5.75 Å². The van der Waals surface area contributed by atoms with Crippen molar-refractivity contribution in [3.63, 3.8) is 0 Å². The Bertz CT molecular complexity index is 960. The Morgan fingerprint density at radius 3 is 2.58 bits per heavy atom. The first-order valence-electron chi connectivity index (χ1n) is 11.4. The van der Waals surface area contributed by atoms with Crippen molar-refractivity contribution in [3.05, 3.63) is 77.9 Å². The van der Waals surface area contributed by atoms with Crippen molar-refractivity contribution in [2.75, 3.05) is 26.7 Å². The van der Waals surface area contributed by atoms with Crippen molar-refractivity contribution in [3.8, 4) is 5.75 Å². The molecule has 1 aromatic heterocycles. The number of rotatable bonds is 12. The largest absolute Gasteiger partial charge is 0.494 e. The first-order valence-corrected chi connectivity index (χ1v) is 11.4. The molecule has 0 atom stereocenters. The fourth-order valence-corrected chi connectivity index (χ4v) is 3.48. The van der Waals surface area contributed by atoms with Gasteiger partial charge in [-0.2, -0.15) is 0 Å². The van der Waals surface area contributed by atoms with Gasteiger partial charge >= 0.3 is 0 Å². The van der Waals surface area contributed by atoms with E-state index in [1.807, 2.05) is 12.1 Å². The van der Waals surface area contributed by atoms with Gasteiger partial charge in [-0.25, -0.2) is 0 Å². The average molecular weight is 563 g/mol. The number of halogens is 1. The first-order chi connectivity index (χ1) is 15.8. The lowest BCUT2D eigenvalue weighted by molar-refractivity contribution is 0.310. The second-order valence-electron chi connectivity index (χ2n) is 7.55. The van der Waals surface area contributed by atoms with E-state index in [-0.39, 0.29) is 24.0 Å². The van der Waals surface area contributed by atoms with Crippen LogP contribution in [0.4, 0.5) is 0 Å². The standard InChI is InChI=1S/C25H34N6O.HI/c1-3-24-30-29-20-31(24)17-16-28-25(26-2)27-15-14-22-11-7-13-23(19-22)32-18-8-12-21-9-5-4-6-10-21;/h4-7,9-11,13,19-20H,3,8,12,14-18H2,1-2H3,(H2,26,27,28);1H. The lowest BCUT2D eigenvalue weighted by Crippen LogP contribution is -2.39. The van der Waals surface area contributed by atoms with E-state index >= 15 is 0 Å². The van der Waals surface area contributed by atoms with Crippen LogP contribution in [-0.2, 0) is 25.8 Å². The normalized spacial score (nSPS) is 11.0. The van der Waals surface area contributed by atoms with Gasteiger partial charge in [0.2, 0.25) is 0 Å². The summed E-state index contributed by atoms with van der Waals surface area (Å²) in [7, 11) is 1.79. The molecular weight excluding hydrogens is 527 g/mol. The summed E-state index contributed by atoms with van der Waals surface area (Å²) in [6.45, 7) is 5.17. The van der Waals surface area contributed by atoms with Gasteiger partial charge in [-0.05, 0) is 42.5 Å². The van der Waals surface area contributed by atoms with Gasteiger partial charge in [-0.1, -0.05) is 49.4 Å². The molecule has 2 aromatic carbocycles. The van der Waals surface area contributed by atoms with Crippen LogP contribution in [-0.4, -0.2) is 47.5 Å². The highest BCUT2D eigenvalue weighted by Crippen LogP contribution is 2.14. The summed E-state index contributed by atoms with van der Waals surface area (Å²) < 4.78 is 8.02. The quantitative estimate of drug-likeness (QED) is 0.152. The molecule has 178 valence electrons. The number of guanidine groups is 1. The second-order valence-corrected chi connectivity index (χ2v) is 7.55. The zero-order valence-corrected chi connectivity index (χ0v) is 21.9. The molecule has 2 N–H and O–H groups in total. The number of hydrogen-bond acceptors (Lipinski definition) is 4. The van der Waals surface area contributed by atoms with E-state index < -0.39 is 0 Å². The van der Waals surface area contributed by atoms with Gasteiger partial charge in [0, 0.05) is 33.1 Å². The molecule has 7 nitrogen and oxygen atoms in total. The van der Waals surface area contributed by atoms with E-state index in [4.69, 9.17) is 4.74 Å². The van der Waals surface area contributed by atoms with Gasteiger partial charge in [0.05, 0.1) is 6.61 Å². The van der Waals surface area contributed by atoms with Gasteiger partial charge in [0.25, 0.3) is 0 Å². The van der Waals surface area contributed by atoms with Crippen molar-refractivity contribution in [1.82, 2.24) is 25.4 Å². The summed E-state index contributed by atoms with van der Waals surface area (Å²) >= 11 is 0. The SMILES string of the molecule is CCc1nncn1CCNC(=NC)NCCc1cccc(OCCCc2ccccc2)c1.I. The monoisotopic (exact) mass is 562 g/mol. The highest BCUT2D eigenvalue weighted by atomic mass is 127. The van der Waals surface area contributed by atoms with Crippen LogP contribution < -0.4 is 15.4 Å². The molecule has 1 heterocycles. The molecule has 8 heteroatoms. The van der Waals surface area contributed by atoms with E-state index in [1.54, 1.807) is 13.4 Å². The predicted molar refractivity (Wildman–Crippen MR) is 145 cm³/mol. The third-order valence-corrected chi connectivity index (χ3v) is 5.21. The van der Waals surface area contributed by atoms with Gasteiger partial charge in [0.15, 0.2) is 5.96 Å². The number of ether oxygens (including phenoxy) is 1. The van der Waals surface area contributed by atoms with Gasteiger partial charge < -0.3 is 19.9 Å². The molecule has 0 saturated heterocycles. The van der Waals surface area contributed by atoms with Crippen molar-refractivity contribution >= 4 is 29.9 Å².